The van der Waals surface area contributed by atoms with E-state index >= 15 is 0 Å². The third-order valence-electron chi connectivity index (χ3n) is 4.26. The van der Waals surface area contributed by atoms with Crippen molar-refractivity contribution in [3.05, 3.63) is 41.9 Å². The molecule has 1 N–H and O–H groups in total. The van der Waals surface area contributed by atoms with E-state index in [-0.39, 0.29) is 0 Å². The van der Waals surface area contributed by atoms with Gasteiger partial charge in [0.2, 0.25) is 0 Å². The largest absolute Gasteiger partial charge is 0.371 e. The molecular formula is C17H17ClN4. The Hall–Kier alpha value is -2.07. The Balaban J connectivity index is 1.89. The maximum atomic E-state index is 6.10. The predicted octanol–water partition coefficient (Wildman–Crippen LogP) is 4.27. The van der Waals surface area contributed by atoms with Gasteiger partial charge >= 0.3 is 0 Å². The fourth-order valence-corrected chi connectivity index (χ4v) is 3.40. The molecule has 0 saturated carbocycles. The zero-order valence-corrected chi connectivity index (χ0v) is 13.0. The maximum Gasteiger partial charge on any atom is 0.139 e. The zero-order valence-electron chi connectivity index (χ0n) is 12.2. The van der Waals surface area contributed by atoms with Gasteiger partial charge in [-0.05, 0) is 31.4 Å². The van der Waals surface area contributed by atoms with Crippen LogP contribution in [0.5, 0.6) is 0 Å². The van der Waals surface area contributed by atoms with Gasteiger partial charge in [-0.2, -0.15) is 0 Å². The molecule has 0 atom stereocenters. The van der Waals surface area contributed by atoms with E-state index in [1.165, 1.54) is 24.9 Å². The molecule has 0 unspecified atom stereocenters. The van der Waals surface area contributed by atoms with E-state index in [2.05, 4.69) is 25.9 Å². The molecule has 0 radical (unpaired) electrons. The minimum Gasteiger partial charge on any atom is -0.371 e. The third kappa shape index (κ3) is 2.33. The van der Waals surface area contributed by atoms with Crippen LogP contribution < -0.4 is 4.90 Å². The number of hydrogen-bond donors (Lipinski definition) is 1. The predicted molar refractivity (Wildman–Crippen MR) is 90.4 cm³/mol. The minimum atomic E-state index is 0.648. The van der Waals surface area contributed by atoms with Gasteiger partial charge in [0, 0.05) is 60.1 Å². The molecule has 1 aliphatic rings. The molecule has 3 aromatic rings. The molecule has 112 valence electrons. The lowest BCUT2D eigenvalue weighted by atomic mass is 10.0. The average Bonchev–Trinajstić information content (AvgIpc) is 3.00. The van der Waals surface area contributed by atoms with Gasteiger partial charge in [-0.1, -0.05) is 11.6 Å². The highest BCUT2D eigenvalue weighted by atomic mass is 35.5. The van der Waals surface area contributed by atoms with Gasteiger partial charge in [0.1, 0.15) is 5.65 Å². The van der Waals surface area contributed by atoms with Gasteiger partial charge < -0.3 is 9.88 Å². The maximum absolute atomic E-state index is 6.10. The van der Waals surface area contributed by atoms with Crippen LogP contribution in [0.4, 0.5) is 5.69 Å². The molecule has 4 nitrogen and oxygen atoms in total. The zero-order chi connectivity index (χ0) is 14.9. The fourth-order valence-electron chi connectivity index (χ4n) is 3.22. The summed E-state index contributed by atoms with van der Waals surface area (Å²) >= 11 is 6.10. The first-order valence-corrected chi connectivity index (χ1v) is 8.03. The highest BCUT2D eigenvalue weighted by Crippen LogP contribution is 2.36. The lowest BCUT2D eigenvalue weighted by molar-refractivity contribution is 0.579. The molecule has 22 heavy (non-hydrogen) atoms. The summed E-state index contributed by atoms with van der Waals surface area (Å²) in [7, 11) is 0. The van der Waals surface area contributed by atoms with Gasteiger partial charge in [0.15, 0.2) is 0 Å². The normalized spacial score (nSPS) is 15.4. The number of aromatic nitrogens is 3. The molecule has 0 spiro atoms. The van der Waals surface area contributed by atoms with E-state index in [9.17, 15) is 0 Å². The Bertz CT molecular complexity index is 805. The monoisotopic (exact) mass is 312 g/mol. The number of halogens is 1. The van der Waals surface area contributed by atoms with E-state index in [0.29, 0.717) is 5.02 Å². The number of fused-ring (bicyclic) bond motifs is 1. The van der Waals surface area contributed by atoms with Crippen LogP contribution in [0.25, 0.3) is 22.2 Å². The standard InChI is InChI=1S/C17H17ClN4/c18-13-8-12(9-19-10-13)14-11-21-17-16(14)15(4-5-20-17)22-6-2-1-3-7-22/h4-5,8-11H,1-3,6-7H2,(H,20,21). The summed E-state index contributed by atoms with van der Waals surface area (Å²) in [6.45, 7) is 2.22. The molecule has 0 bridgehead atoms. The second-order valence-corrected chi connectivity index (χ2v) is 6.13. The van der Waals surface area contributed by atoms with Crippen LogP contribution in [0.15, 0.2) is 36.9 Å². The van der Waals surface area contributed by atoms with Gasteiger partial charge in [0.05, 0.1) is 5.02 Å². The summed E-state index contributed by atoms with van der Waals surface area (Å²) in [4.78, 5) is 14.4. The van der Waals surface area contributed by atoms with Crippen LogP contribution in [-0.2, 0) is 0 Å². The van der Waals surface area contributed by atoms with Crippen molar-refractivity contribution in [2.24, 2.45) is 0 Å². The van der Waals surface area contributed by atoms with Gasteiger partial charge in [0.25, 0.3) is 0 Å². The second-order valence-electron chi connectivity index (χ2n) is 5.70. The Labute approximate surface area is 134 Å². The van der Waals surface area contributed by atoms with Crippen LogP contribution in [0.2, 0.25) is 5.02 Å². The molecule has 4 rings (SSSR count). The molecule has 0 aliphatic carbocycles. The van der Waals surface area contributed by atoms with Crippen molar-refractivity contribution in [2.45, 2.75) is 19.3 Å². The summed E-state index contributed by atoms with van der Waals surface area (Å²) in [5.41, 5.74) is 4.29. The topological polar surface area (TPSA) is 44.8 Å². The first-order chi connectivity index (χ1) is 10.8. The molecule has 0 aromatic carbocycles. The Kier molecular flexibility index (Phi) is 3.47. The van der Waals surface area contributed by atoms with Crippen LogP contribution in [-0.4, -0.2) is 28.0 Å². The van der Waals surface area contributed by atoms with Crippen LogP contribution in [0.1, 0.15) is 19.3 Å². The summed E-state index contributed by atoms with van der Waals surface area (Å²) in [6.07, 6.45) is 11.2. The number of anilines is 1. The van der Waals surface area contributed by atoms with Crippen LogP contribution in [0.3, 0.4) is 0 Å². The number of pyridine rings is 2. The van der Waals surface area contributed by atoms with Crippen LogP contribution in [0, 0.1) is 0 Å². The quantitative estimate of drug-likeness (QED) is 0.768. The van der Waals surface area contributed by atoms with Gasteiger partial charge in [-0.25, -0.2) is 4.98 Å². The average molecular weight is 313 g/mol. The molecule has 1 aliphatic heterocycles. The summed E-state index contributed by atoms with van der Waals surface area (Å²) < 4.78 is 0. The van der Waals surface area contributed by atoms with E-state index in [1.54, 1.807) is 6.20 Å². The number of aromatic amines is 1. The number of H-pyrrole nitrogens is 1. The molecule has 5 heteroatoms. The van der Waals surface area contributed by atoms with E-state index < -0.39 is 0 Å². The Morgan fingerprint density at radius 3 is 2.82 bits per heavy atom. The molecule has 0 amide bonds. The number of piperidine rings is 1. The highest BCUT2D eigenvalue weighted by Gasteiger charge is 2.18. The molecule has 1 saturated heterocycles. The van der Waals surface area contributed by atoms with Crippen molar-refractivity contribution >= 4 is 28.3 Å². The number of nitrogens with zero attached hydrogens (tertiary/aromatic N) is 3. The smallest absolute Gasteiger partial charge is 0.139 e. The van der Waals surface area contributed by atoms with E-state index in [1.807, 2.05) is 24.7 Å². The van der Waals surface area contributed by atoms with Gasteiger partial charge in [-0.15, -0.1) is 0 Å². The summed E-state index contributed by atoms with van der Waals surface area (Å²) in [5, 5.41) is 1.81. The molecule has 4 heterocycles. The first kappa shape index (κ1) is 13.6. The minimum absolute atomic E-state index is 0.648. The molecule has 1 fully saturated rings. The van der Waals surface area contributed by atoms with Gasteiger partial charge in [-0.3, -0.25) is 4.98 Å². The van der Waals surface area contributed by atoms with Crippen molar-refractivity contribution in [1.29, 1.82) is 0 Å². The fraction of sp³-hybridized carbons (Fsp3) is 0.294. The van der Waals surface area contributed by atoms with Crippen molar-refractivity contribution in [2.75, 3.05) is 18.0 Å². The Morgan fingerprint density at radius 2 is 2.00 bits per heavy atom. The third-order valence-corrected chi connectivity index (χ3v) is 4.47. The number of rotatable bonds is 2. The highest BCUT2D eigenvalue weighted by molar-refractivity contribution is 6.30. The van der Waals surface area contributed by atoms with Crippen molar-refractivity contribution in [1.82, 2.24) is 15.0 Å². The lowest BCUT2D eigenvalue weighted by Gasteiger charge is -2.29. The number of nitrogens with one attached hydrogen (secondary N) is 1. The van der Waals surface area contributed by atoms with E-state index in [0.717, 1.165) is 35.2 Å². The number of hydrogen-bond acceptors (Lipinski definition) is 3. The van der Waals surface area contributed by atoms with Crippen molar-refractivity contribution in [3.8, 4) is 11.1 Å². The summed E-state index contributed by atoms with van der Waals surface area (Å²) in [6, 6.07) is 4.06. The Morgan fingerprint density at radius 1 is 1.14 bits per heavy atom. The first-order valence-electron chi connectivity index (χ1n) is 7.65. The second kappa shape index (κ2) is 5.61. The van der Waals surface area contributed by atoms with Crippen molar-refractivity contribution in [3.63, 3.8) is 0 Å². The lowest BCUT2D eigenvalue weighted by Crippen LogP contribution is -2.29. The van der Waals surface area contributed by atoms with Crippen molar-refractivity contribution < 1.29 is 0 Å². The van der Waals surface area contributed by atoms with E-state index in [4.69, 9.17) is 11.6 Å². The SMILES string of the molecule is Clc1cncc(-c2c[nH]c3nccc(N4CCCCC4)c23)c1. The van der Waals surface area contributed by atoms with Crippen LogP contribution >= 0.6 is 11.6 Å². The molecule has 3 aromatic heterocycles. The summed E-state index contributed by atoms with van der Waals surface area (Å²) in [5.74, 6) is 0. The molecular weight excluding hydrogens is 296 g/mol.